The number of aromatic carboxylic acids is 1. The van der Waals surface area contributed by atoms with E-state index in [2.05, 4.69) is 0 Å². The number of unbranched alkanes of at least 4 members (excludes halogenated alkanes) is 1. The van der Waals surface area contributed by atoms with Crippen LogP contribution in [-0.4, -0.2) is 21.0 Å². The molecule has 0 aliphatic heterocycles. The fourth-order valence-corrected chi connectivity index (χ4v) is 3.72. The van der Waals surface area contributed by atoms with Crippen molar-refractivity contribution in [2.45, 2.75) is 44.4 Å². The third-order valence-corrected chi connectivity index (χ3v) is 4.62. The van der Waals surface area contributed by atoms with Crippen molar-refractivity contribution in [2.24, 2.45) is 0 Å². The summed E-state index contributed by atoms with van der Waals surface area (Å²) < 4.78 is 38.4. The lowest BCUT2D eigenvalue weighted by molar-refractivity contribution is 0.0694. The van der Waals surface area contributed by atoms with Crippen molar-refractivity contribution in [3.05, 3.63) is 28.8 Å². The monoisotopic (exact) mass is 304 g/mol. The fourth-order valence-electron chi connectivity index (χ4n) is 2.02. The standard InChI is InChI=1S/C14H18F2O3S/c1-3-5-8-20(19)12-9(4-2)10(14(17)18)6-7-11(12)13(15)16/h6-7,13H,3-5,8H2,1-2H3,(H,17,18)/t20-/m1/s1. The SMILES string of the molecule is CCCC[S@@](=O)c1c(C(F)F)ccc(C(=O)O)c1CC. The van der Waals surface area contributed by atoms with Gasteiger partial charge in [-0.3, -0.25) is 4.21 Å². The zero-order chi connectivity index (χ0) is 15.3. The molecule has 112 valence electrons. The third kappa shape index (κ3) is 3.62. The number of alkyl halides is 2. The van der Waals surface area contributed by atoms with Crippen molar-refractivity contribution in [3.8, 4) is 0 Å². The normalized spacial score (nSPS) is 12.7. The number of hydrogen-bond donors (Lipinski definition) is 1. The first kappa shape index (κ1) is 16.8. The lowest BCUT2D eigenvalue weighted by atomic mass is 10.0. The number of halogens is 2. The van der Waals surface area contributed by atoms with Gasteiger partial charge in [0.2, 0.25) is 0 Å². The summed E-state index contributed by atoms with van der Waals surface area (Å²) in [5.41, 5.74) is -0.109. The molecule has 0 saturated heterocycles. The van der Waals surface area contributed by atoms with Crippen LogP contribution in [0.2, 0.25) is 0 Å². The van der Waals surface area contributed by atoms with Gasteiger partial charge in [0.1, 0.15) is 0 Å². The molecule has 0 saturated carbocycles. The summed E-state index contributed by atoms with van der Waals surface area (Å²) in [7, 11) is -1.60. The van der Waals surface area contributed by atoms with Gasteiger partial charge in [-0.1, -0.05) is 26.3 Å². The van der Waals surface area contributed by atoms with Crippen LogP contribution in [0.15, 0.2) is 17.0 Å². The molecule has 20 heavy (non-hydrogen) atoms. The Balaban J connectivity index is 3.44. The Hall–Kier alpha value is -1.30. The van der Waals surface area contributed by atoms with Gasteiger partial charge in [0, 0.05) is 11.3 Å². The first-order chi connectivity index (χ1) is 9.43. The maximum Gasteiger partial charge on any atom is 0.336 e. The number of carboxylic acids is 1. The van der Waals surface area contributed by atoms with Crippen molar-refractivity contribution in [1.29, 1.82) is 0 Å². The van der Waals surface area contributed by atoms with E-state index in [0.717, 1.165) is 12.5 Å². The topological polar surface area (TPSA) is 54.4 Å². The zero-order valence-electron chi connectivity index (χ0n) is 11.5. The second kappa shape index (κ2) is 7.47. The number of benzene rings is 1. The Bertz CT molecular complexity index is 515. The van der Waals surface area contributed by atoms with Crippen LogP contribution in [0.4, 0.5) is 8.78 Å². The predicted octanol–water partition coefficient (Wildman–Crippen LogP) is 3.79. The summed E-state index contributed by atoms with van der Waals surface area (Å²) in [6.07, 6.45) is -1.05. The van der Waals surface area contributed by atoms with Gasteiger partial charge in [-0.15, -0.1) is 0 Å². The van der Waals surface area contributed by atoms with Gasteiger partial charge >= 0.3 is 5.97 Å². The highest BCUT2D eigenvalue weighted by Crippen LogP contribution is 2.31. The Kier molecular flexibility index (Phi) is 6.26. The molecule has 6 heteroatoms. The maximum atomic E-state index is 13.1. The average molecular weight is 304 g/mol. The smallest absolute Gasteiger partial charge is 0.336 e. The van der Waals surface area contributed by atoms with Crippen molar-refractivity contribution in [1.82, 2.24) is 0 Å². The lowest BCUT2D eigenvalue weighted by Gasteiger charge is -2.15. The van der Waals surface area contributed by atoms with Gasteiger partial charge in [-0.05, 0) is 24.5 Å². The highest BCUT2D eigenvalue weighted by molar-refractivity contribution is 7.85. The molecule has 0 radical (unpaired) electrons. The molecule has 3 nitrogen and oxygen atoms in total. The number of hydrogen-bond acceptors (Lipinski definition) is 2. The Morgan fingerprint density at radius 2 is 2.00 bits per heavy atom. The zero-order valence-corrected chi connectivity index (χ0v) is 12.3. The molecule has 1 rings (SSSR count). The lowest BCUT2D eigenvalue weighted by Crippen LogP contribution is -2.11. The van der Waals surface area contributed by atoms with Gasteiger partial charge in [0.05, 0.1) is 21.3 Å². The molecule has 0 spiro atoms. The van der Waals surface area contributed by atoms with E-state index in [-0.39, 0.29) is 33.8 Å². The molecule has 0 bridgehead atoms. The van der Waals surface area contributed by atoms with Crippen molar-refractivity contribution in [2.75, 3.05) is 5.75 Å². The summed E-state index contributed by atoms with van der Waals surface area (Å²) in [5.74, 6) is -0.914. The third-order valence-electron chi connectivity index (χ3n) is 3.02. The summed E-state index contributed by atoms with van der Waals surface area (Å²) in [4.78, 5) is 11.2. The van der Waals surface area contributed by atoms with Gasteiger partial charge < -0.3 is 5.11 Å². The van der Waals surface area contributed by atoms with Crippen LogP contribution in [0.1, 0.15) is 54.6 Å². The minimum absolute atomic E-state index is 0.0100. The minimum Gasteiger partial charge on any atom is -0.478 e. The first-order valence-electron chi connectivity index (χ1n) is 6.49. The van der Waals surface area contributed by atoms with Crippen LogP contribution in [-0.2, 0) is 17.2 Å². The predicted molar refractivity (Wildman–Crippen MR) is 73.9 cm³/mol. The Morgan fingerprint density at radius 3 is 2.45 bits per heavy atom. The average Bonchev–Trinajstić information content (AvgIpc) is 2.42. The second-order valence-electron chi connectivity index (χ2n) is 4.37. The van der Waals surface area contributed by atoms with Gasteiger partial charge in [0.15, 0.2) is 0 Å². The largest absolute Gasteiger partial charge is 0.478 e. The van der Waals surface area contributed by atoms with E-state index in [1.165, 1.54) is 6.07 Å². The molecule has 0 aliphatic rings. The Morgan fingerprint density at radius 1 is 1.35 bits per heavy atom. The maximum absolute atomic E-state index is 13.1. The van der Waals surface area contributed by atoms with E-state index < -0.39 is 23.2 Å². The van der Waals surface area contributed by atoms with E-state index in [4.69, 9.17) is 5.11 Å². The molecule has 0 fully saturated rings. The molecule has 1 atom stereocenters. The summed E-state index contributed by atoms with van der Waals surface area (Å²) in [6.45, 7) is 3.59. The number of rotatable bonds is 7. The van der Waals surface area contributed by atoms with E-state index in [1.54, 1.807) is 6.92 Å². The van der Waals surface area contributed by atoms with Crippen molar-refractivity contribution < 1.29 is 22.9 Å². The fraction of sp³-hybridized carbons (Fsp3) is 0.500. The van der Waals surface area contributed by atoms with Crippen molar-refractivity contribution >= 4 is 16.8 Å². The molecular weight excluding hydrogens is 286 g/mol. The van der Waals surface area contributed by atoms with E-state index in [1.807, 2.05) is 6.92 Å². The van der Waals surface area contributed by atoms with Crippen LogP contribution < -0.4 is 0 Å². The number of carboxylic acid groups (broad SMARTS) is 1. The van der Waals surface area contributed by atoms with Crippen LogP contribution >= 0.6 is 0 Å². The minimum atomic E-state index is -2.76. The van der Waals surface area contributed by atoms with Crippen LogP contribution in [0, 0.1) is 0 Å². The summed E-state index contributed by atoms with van der Waals surface area (Å²) in [5, 5.41) is 9.12. The van der Waals surface area contributed by atoms with Gasteiger partial charge in [-0.2, -0.15) is 0 Å². The van der Waals surface area contributed by atoms with E-state index in [9.17, 15) is 17.8 Å². The molecule has 0 unspecified atom stereocenters. The second-order valence-corrected chi connectivity index (χ2v) is 5.88. The van der Waals surface area contributed by atoms with Gasteiger partial charge in [-0.25, -0.2) is 13.6 Å². The summed E-state index contributed by atoms with van der Waals surface area (Å²) >= 11 is 0. The van der Waals surface area contributed by atoms with E-state index in [0.29, 0.717) is 6.42 Å². The molecule has 1 N–H and O–H groups in total. The molecule has 1 aromatic carbocycles. The molecule has 1 aromatic rings. The molecule has 0 aliphatic carbocycles. The highest BCUT2D eigenvalue weighted by Gasteiger charge is 2.24. The van der Waals surface area contributed by atoms with E-state index >= 15 is 0 Å². The Labute approximate surface area is 119 Å². The highest BCUT2D eigenvalue weighted by atomic mass is 32.2. The van der Waals surface area contributed by atoms with Gasteiger partial charge in [0.25, 0.3) is 6.43 Å². The molecule has 0 aromatic heterocycles. The molecule has 0 amide bonds. The molecular formula is C14H18F2O3S. The van der Waals surface area contributed by atoms with Crippen molar-refractivity contribution in [3.63, 3.8) is 0 Å². The van der Waals surface area contributed by atoms with Crippen LogP contribution in [0.25, 0.3) is 0 Å². The molecule has 0 heterocycles. The quantitative estimate of drug-likeness (QED) is 0.833. The number of carbonyl (C=O) groups is 1. The van der Waals surface area contributed by atoms with Crippen LogP contribution in [0.5, 0.6) is 0 Å². The summed E-state index contributed by atoms with van der Waals surface area (Å²) in [6, 6.07) is 2.25. The first-order valence-corrected chi connectivity index (χ1v) is 7.81. The van der Waals surface area contributed by atoms with Crippen LogP contribution in [0.3, 0.4) is 0 Å².